The molecule has 8 heteroatoms. The fourth-order valence-corrected chi connectivity index (χ4v) is 3.31. The molecule has 0 saturated heterocycles. The predicted octanol–water partition coefficient (Wildman–Crippen LogP) is 4.13. The predicted molar refractivity (Wildman–Crippen MR) is 110 cm³/mol. The minimum atomic E-state index is -0.446. The Morgan fingerprint density at radius 1 is 1.11 bits per heavy atom. The standard InChI is InChI=1S/C20H20N4O3S/c1-2-15-3-5-16(6-4-15)13-23-19(11-12-21-23)22-20(25)14-28-18-9-7-17(8-10-18)24(26)27/h3-12H,2,13-14H2,1H3,(H,22,25). The van der Waals surface area contributed by atoms with Gasteiger partial charge < -0.3 is 5.32 Å². The SMILES string of the molecule is CCc1ccc(Cn2nccc2NC(=O)CSc2ccc([N+](=O)[O-])cc2)cc1. The van der Waals surface area contributed by atoms with Crippen molar-refractivity contribution in [3.8, 4) is 0 Å². The van der Waals surface area contributed by atoms with Gasteiger partial charge in [-0.05, 0) is 29.7 Å². The molecule has 3 aromatic rings. The molecule has 3 rings (SSSR count). The number of rotatable bonds is 8. The normalized spacial score (nSPS) is 10.6. The lowest BCUT2D eigenvalue weighted by Gasteiger charge is -2.09. The number of nitro benzene ring substituents is 1. The van der Waals surface area contributed by atoms with Gasteiger partial charge in [-0.25, -0.2) is 4.68 Å². The Balaban J connectivity index is 1.55. The summed E-state index contributed by atoms with van der Waals surface area (Å²) in [5.74, 6) is 0.675. The Bertz CT molecular complexity index is 952. The quantitative estimate of drug-likeness (QED) is 0.351. The number of anilines is 1. The number of hydrogen-bond donors (Lipinski definition) is 1. The fourth-order valence-electron chi connectivity index (χ4n) is 2.61. The van der Waals surface area contributed by atoms with E-state index in [1.54, 1.807) is 29.1 Å². The van der Waals surface area contributed by atoms with Crippen LogP contribution in [0, 0.1) is 10.1 Å². The number of aryl methyl sites for hydroxylation is 1. The van der Waals surface area contributed by atoms with Gasteiger partial charge in [0.1, 0.15) is 5.82 Å². The molecule has 0 spiro atoms. The van der Waals surface area contributed by atoms with Gasteiger partial charge in [-0.2, -0.15) is 5.10 Å². The first-order chi connectivity index (χ1) is 13.5. The van der Waals surface area contributed by atoms with Crippen molar-refractivity contribution in [2.75, 3.05) is 11.1 Å². The van der Waals surface area contributed by atoms with E-state index in [2.05, 4.69) is 41.6 Å². The maximum atomic E-state index is 12.3. The van der Waals surface area contributed by atoms with E-state index in [4.69, 9.17) is 0 Å². The summed E-state index contributed by atoms with van der Waals surface area (Å²) in [6.07, 6.45) is 2.65. The molecule has 28 heavy (non-hydrogen) atoms. The van der Waals surface area contributed by atoms with Crippen LogP contribution in [0.2, 0.25) is 0 Å². The molecule has 0 radical (unpaired) electrons. The summed E-state index contributed by atoms with van der Waals surface area (Å²) in [6, 6.07) is 16.2. The van der Waals surface area contributed by atoms with Gasteiger partial charge in [0, 0.05) is 23.1 Å². The van der Waals surface area contributed by atoms with Gasteiger partial charge in [-0.3, -0.25) is 14.9 Å². The first kappa shape index (κ1) is 19.6. The number of nitrogens with zero attached hydrogens (tertiary/aromatic N) is 3. The Kier molecular flexibility index (Phi) is 6.44. The van der Waals surface area contributed by atoms with Crippen molar-refractivity contribution in [3.63, 3.8) is 0 Å². The van der Waals surface area contributed by atoms with Crippen LogP contribution in [-0.2, 0) is 17.8 Å². The number of hydrogen-bond acceptors (Lipinski definition) is 5. The second-order valence-electron chi connectivity index (χ2n) is 6.13. The summed E-state index contributed by atoms with van der Waals surface area (Å²) in [5.41, 5.74) is 2.42. The van der Waals surface area contributed by atoms with Gasteiger partial charge in [-0.15, -0.1) is 11.8 Å². The van der Waals surface area contributed by atoms with E-state index in [1.165, 1.54) is 29.5 Å². The average Bonchev–Trinajstić information content (AvgIpc) is 3.13. The zero-order valence-corrected chi connectivity index (χ0v) is 16.2. The molecule has 0 aliphatic rings. The number of carbonyl (C=O) groups is 1. The summed E-state index contributed by atoms with van der Waals surface area (Å²) in [4.78, 5) is 23.3. The number of thioether (sulfide) groups is 1. The number of amides is 1. The number of non-ortho nitro benzene ring substituents is 1. The Labute approximate surface area is 166 Å². The topological polar surface area (TPSA) is 90.1 Å². The van der Waals surface area contributed by atoms with E-state index in [0.29, 0.717) is 12.4 Å². The molecule has 0 fully saturated rings. The highest BCUT2D eigenvalue weighted by atomic mass is 32.2. The molecular weight excluding hydrogens is 376 g/mol. The highest BCUT2D eigenvalue weighted by molar-refractivity contribution is 8.00. The highest BCUT2D eigenvalue weighted by Crippen LogP contribution is 2.21. The maximum absolute atomic E-state index is 12.3. The van der Waals surface area contributed by atoms with Crippen molar-refractivity contribution in [2.45, 2.75) is 24.8 Å². The van der Waals surface area contributed by atoms with E-state index < -0.39 is 4.92 Å². The smallest absolute Gasteiger partial charge is 0.269 e. The molecule has 2 aromatic carbocycles. The third kappa shape index (κ3) is 5.20. The number of nitro groups is 1. The Hall–Kier alpha value is -3.13. The van der Waals surface area contributed by atoms with Gasteiger partial charge in [0.2, 0.25) is 5.91 Å². The summed E-state index contributed by atoms with van der Waals surface area (Å²) in [6.45, 7) is 2.69. The lowest BCUT2D eigenvalue weighted by molar-refractivity contribution is -0.384. The van der Waals surface area contributed by atoms with Crippen LogP contribution in [-0.4, -0.2) is 26.4 Å². The van der Waals surface area contributed by atoms with Gasteiger partial charge >= 0.3 is 0 Å². The minimum Gasteiger partial charge on any atom is -0.310 e. The summed E-state index contributed by atoms with van der Waals surface area (Å²) in [5, 5.41) is 17.8. The van der Waals surface area contributed by atoms with Crippen LogP contribution < -0.4 is 5.32 Å². The molecule has 0 bridgehead atoms. The fraction of sp³-hybridized carbons (Fsp3) is 0.200. The monoisotopic (exact) mass is 396 g/mol. The highest BCUT2D eigenvalue weighted by Gasteiger charge is 2.10. The molecule has 1 heterocycles. The molecule has 1 amide bonds. The van der Waals surface area contributed by atoms with E-state index in [-0.39, 0.29) is 17.3 Å². The first-order valence-corrected chi connectivity index (χ1v) is 9.80. The van der Waals surface area contributed by atoms with Crippen LogP contribution in [0.25, 0.3) is 0 Å². The lowest BCUT2D eigenvalue weighted by Crippen LogP contribution is -2.17. The largest absolute Gasteiger partial charge is 0.310 e. The number of benzene rings is 2. The van der Waals surface area contributed by atoms with E-state index in [0.717, 1.165) is 16.9 Å². The van der Waals surface area contributed by atoms with Crippen molar-refractivity contribution < 1.29 is 9.72 Å². The molecule has 1 aromatic heterocycles. The first-order valence-electron chi connectivity index (χ1n) is 8.82. The summed E-state index contributed by atoms with van der Waals surface area (Å²) < 4.78 is 1.75. The van der Waals surface area contributed by atoms with Crippen molar-refractivity contribution in [1.29, 1.82) is 0 Å². The Morgan fingerprint density at radius 2 is 1.79 bits per heavy atom. The van der Waals surface area contributed by atoms with Crippen molar-refractivity contribution >= 4 is 29.2 Å². The number of carbonyl (C=O) groups excluding carboxylic acids is 1. The van der Waals surface area contributed by atoms with Gasteiger partial charge in [0.15, 0.2) is 0 Å². The maximum Gasteiger partial charge on any atom is 0.269 e. The minimum absolute atomic E-state index is 0.0321. The van der Waals surface area contributed by atoms with Crippen LogP contribution in [0.3, 0.4) is 0 Å². The zero-order chi connectivity index (χ0) is 19.9. The van der Waals surface area contributed by atoms with E-state index in [9.17, 15) is 14.9 Å². The average molecular weight is 396 g/mol. The molecule has 144 valence electrons. The van der Waals surface area contributed by atoms with Crippen molar-refractivity contribution in [3.05, 3.63) is 82.0 Å². The molecule has 1 N–H and O–H groups in total. The molecule has 7 nitrogen and oxygen atoms in total. The molecule has 0 saturated carbocycles. The van der Waals surface area contributed by atoms with Gasteiger partial charge in [-0.1, -0.05) is 31.2 Å². The number of aromatic nitrogens is 2. The zero-order valence-electron chi connectivity index (χ0n) is 15.4. The summed E-state index contributed by atoms with van der Waals surface area (Å²) >= 11 is 1.32. The van der Waals surface area contributed by atoms with Crippen LogP contribution in [0.1, 0.15) is 18.1 Å². The van der Waals surface area contributed by atoms with E-state index >= 15 is 0 Å². The molecular formula is C20H20N4O3S. The van der Waals surface area contributed by atoms with Crippen LogP contribution in [0.4, 0.5) is 11.5 Å². The molecule has 0 atom stereocenters. The van der Waals surface area contributed by atoms with Crippen molar-refractivity contribution in [1.82, 2.24) is 9.78 Å². The van der Waals surface area contributed by atoms with Crippen LogP contribution in [0.5, 0.6) is 0 Å². The van der Waals surface area contributed by atoms with Crippen LogP contribution >= 0.6 is 11.8 Å². The van der Waals surface area contributed by atoms with Gasteiger partial charge in [0.25, 0.3) is 5.69 Å². The second-order valence-corrected chi connectivity index (χ2v) is 7.18. The van der Waals surface area contributed by atoms with Crippen molar-refractivity contribution in [2.24, 2.45) is 0 Å². The third-order valence-corrected chi connectivity index (χ3v) is 5.18. The van der Waals surface area contributed by atoms with E-state index in [1.807, 2.05) is 0 Å². The molecule has 0 aliphatic carbocycles. The summed E-state index contributed by atoms with van der Waals surface area (Å²) in [7, 11) is 0. The third-order valence-electron chi connectivity index (χ3n) is 4.17. The number of nitrogens with one attached hydrogen (secondary N) is 1. The lowest BCUT2D eigenvalue weighted by atomic mass is 10.1. The molecule has 0 aliphatic heterocycles. The second kappa shape index (κ2) is 9.18. The van der Waals surface area contributed by atoms with Crippen LogP contribution in [0.15, 0.2) is 65.7 Å². The van der Waals surface area contributed by atoms with Gasteiger partial charge in [0.05, 0.1) is 23.4 Å². The molecule has 0 unspecified atom stereocenters. The Morgan fingerprint density at radius 3 is 2.43 bits per heavy atom.